The van der Waals surface area contributed by atoms with Gasteiger partial charge in [0.1, 0.15) is 5.75 Å². The molecule has 1 nitrogen and oxygen atoms in total. The molecule has 0 saturated heterocycles. The second kappa shape index (κ2) is 7.25. The fraction of sp³-hybridized carbons (Fsp3) is 0.391. The predicted octanol–water partition coefficient (Wildman–Crippen LogP) is 6.41. The summed E-state index contributed by atoms with van der Waals surface area (Å²) in [6.45, 7) is 0. The molecule has 1 fully saturated rings. The fourth-order valence-corrected chi connectivity index (χ4v) is 4.01. The minimum absolute atomic E-state index is 0. The molecule has 24 heavy (non-hydrogen) atoms. The number of aryl methyl sites for hydroxylation is 1. The van der Waals surface area contributed by atoms with E-state index in [2.05, 4.69) is 54.6 Å². The van der Waals surface area contributed by atoms with Crippen molar-refractivity contribution in [3.63, 3.8) is 0 Å². The van der Waals surface area contributed by atoms with Crippen molar-refractivity contribution in [3.8, 4) is 5.75 Å². The minimum Gasteiger partial charge on any atom is -0.490 e. The van der Waals surface area contributed by atoms with Gasteiger partial charge in [0.2, 0.25) is 0 Å². The summed E-state index contributed by atoms with van der Waals surface area (Å²) in [5, 5.41) is 0. The van der Waals surface area contributed by atoms with Crippen LogP contribution in [0.3, 0.4) is 0 Å². The van der Waals surface area contributed by atoms with Crippen LogP contribution in [0.25, 0.3) is 5.57 Å². The monoisotopic (exact) mass is 320 g/mol. The van der Waals surface area contributed by atoms with E-state index in [9.17, 15) is 0 Å². The lowest BCUT2D eigenvalue weighted by Crippen LogP contribution is -2.19. The van der Waals surface area contributed by atoms with E-state index >= 15 is 0 Å². The highest BCUT2D eigenvalue weighted by Gasteiger charge is 2.16. The Morgan fingerprint density at radius 2 is 1.62 bits per heavy atom. The molecule has 0 aliphatic heterocycles. The van der Waals surface area contributed by atoms with Crippen molar-refractivity contribution >= 4 is 5.57 Å². The Labute approximate surface area is 146 Å². The lowest BCUT2D eigenvalue weighted by Gasteiger charge is -2.23. The van der Waals surface area contributed by atoms with E-state index in [1.54, 1.807) is 0 Å². The number of benzene rings is 2. The Bertz CT molecular complexity index is 711. The molecular formula is C23H28O. The summed E-state index contributed by atoms with van der Waals surface area (Å²) in [5.74, 6) is 1.02. The van der Waals surface area contributed by atoms with E-state index in [4.69, 9.17) is 4.74 Å². The summed E-state index contributed by atoms with van der Waals surface area (Å²) in [5.41, 5.74) is 5.56. The van der Waals surface area contributed by atoms with Gasteiger partial charge in [-0.15, -0.1) is 0 Å². The van der Waals surface area contributed by atoms with Gasteiger partial charge in [-0.25, -0.2) is 0 Å². The first-order valence-electron chi connectivity index (χ1n) is 9.46. The number of hydrogen-bond acceptors (Lipinski definition) is 1. The second-order valence-electron chi connectivity index (χ2n) is 7.07. The van der Waals surface area contributed by atoms with Crippen molar-refractivity contribution in [2.75, 3.05) is 0 Å². The zero-order chi connectivity index (χ0) is 16.2. The zero-order valence-electron chi connectivity index (χ0n) is 14.3. The van der Waals surface area contributed by atoms with Crippen LogP contribution in [0.1, 0.15) is 63.1 Å². The Morgan fingerprint density at radius 3 is 2.46 bits per heavy atom. The molecule has 0 atom stereocenters. The van der Waals surface area contributed by atoms with Gasteiger partial charge in [0, 0.05) is 1.43 Å². The molecule has 0 N–H and O–H groups in total. The maximum atomic E-state index is 6.17. The Morgan fingerprint density at radius 1 is 0.833 bits per heavy atom. The molecule has 2 aliphatic rings. The molecule has 0 bridgehead atoms. The minimum atomic E-state index is 0. The van der Waals surface area contributed by atoms with Crippen LogP contribution in [0.15, 0.2) is 54.6 Å². The molecule has 4 rings (SSSR count). The largest absolute Gasteiger partial charge is 0.490 e. The molecule has 2 aromatic carbocycles. The van der Waals surface area contributed by atoms with Gasteiger partial charge in [0.05, 0.1) is 6.10 Å². The van der Waals surface area contributed by atoms with Gasteiger partial charge in [0.15, 0.2) is 0 Å². The summed E-state index contributed by atoms with van der Waals surface area (Å²) < 4.78 is 6.17. The van der Waals surface area contributed by atoms with Gasteiger partial charge in [-0.3, -0.25) is 0 Å². The number of ether oxygens (including phenoxy) is 1. The molecule has 2 aromatic rings. The van der Waals surface area contributed by atoms with E-state index in [1.807, 2.05) is 0 Å². The number of rotatable bonds is 3. The highest BCUT2D eigenvalue weighted by atomic mass is 16.5. The fourth-order valence-electron chi connectivity index (χ4n) is 4.01. The molecule has 0 amide bonds. The van der Waals surface area contributed by atoms with Crippen LogP contribution >= 0.6 is 0 Å². The third-order valence-corrected chi connectivity index (χ3v) is 5.33. The van der Waals surface area contributed by atoms with Crippen LogP contribution < -0.4 is 4.74 Å². The van der Waals surface area contributed by atoms with Gasteiger partial charge in [-0.1, -0.05) is 48.9 Å². The van der Waals surface area contributed by atoms with Crippen molar-refractivity contribution in [2.45, 2.75) is 57.5 Å². The van der Waals surface area contributed by atoms with Gasteiger partial charge >= 0.3 is 0 Å². The summed E-state index contributed by atoms with van der Waals surface area (Å²) in [6.07, 6.45) is 12.8. The quantitative estimate of drug-likeness (QED) is 0.634. The average Bonchev–Trinajstić information content (AvgIpc) is 2.86. The summed E-state index contributed by atoms with van der Waals surface area (Å²) in [7, 11) is 0. The number of allylic oxidation sites excluding steroid dienone is 1. The topological polar surface area (TPSA) is 9.23 Å². The summed E-state index contributed by atoms with van der Waals surface area (Å²) >= 11 is 0. The smallest absolute Gasteiger partial charge is 0.119 e. The lowest BCUT2D eigenvalue weighted by atomic mass is 9.94. The molecule has 1 heteroatoms. The van der Waals surface area contributed by atoms with E-state index < -0.39 is 0 Å². The van der Waals surface area contributed by atoms with E-state index in [0.29, 0.717) is 6.10 Å². The standard InChI is InChI=1S/C23H26O.H2/c1-2-10-20(11-3-1)24-21-16-14-19(15-17-21)23-13-7-5-9-18-8-4-6-12-22(18)23;/h4,6,8,12-17,20H,1-3,5,7,9-11H2;1H. The van der Waals surface area contributed by atoms with Gasteiger partial charge in [-0.2, -0.15) is 0 Å². The molecule has 0 radical (unpaired) electrons. The Kier molecular flexibility index (Phi) is 4.69. The van der Waals surface area contributed by atoms with E-state index in [1.165, 1.54) is 67.2 Å². The molecule has 0 heterocycles. The lowest BCUT2D eigenvalue weighted by molar-refractivity contribution is 0.155. The third kappa shape index (κ3) is 3.40. The maximum absolute atomic E-state index is 6.17. The van der Waals surface area contributed by atoms with Gasteiger partial charge in [0.25, 0.3) is 0 Å². The van der Waals surface area contributed by atoms with Crippen LogP contribution in [0, 0.1) is 0 Å². The van der Waals surface area contributed by atoms with Gasteiger partial charge < -0.3 is 4.74 Å². The number of hydrogen-bond donors (Lipinski definition) is 0. The normalized spacial score (nSPS) is 18.4. The second-order valence-corrected chi connectivity index (χ2v) is 7.07. The van der Waals surface area contributed by atoms with E-state index in [-0.39, 0.29) is 1.43 Å². The van der Waals surface area contributed by atoms with Crippen LogP contribution in [0.2, 0.25) is 0 Å². The maximum Gasteiger partial charge on any atom is 0.119 e. The highest BCUT2D eigenvalue weighted by Crippen LogP contribution is 2.32. The number of fused-ring (bicyclic) bond motifs is 1. The first kappa shape index (κ1) is 15.5. The molecule has 126 valence electrons. The van der Waals surface area contributed by atoms with Gasteiger partial charge in [-0.05, 0) is 79.3 Å². The molecular weight excluding hydrogens is 292 g/mol. The zero-order valence-corrected chi connectivity index (χ0v) is 14.3. The SMILES string of the molecule is C1=C(c2ccc(OC3CCCCC3)cc2)c2ccccc2CCC1.[HH]. The Hall–Kier alpha value is -2.02. The molecule has 0 aromatic heterocycles. The van der Waals surface area contributed by atoms with Crippen molar-refractivity contribution in [3.05, 3.63) is 71.3 Å². The van der Waals surface area contributed by atoms with Crippen LogP contribution in [-0.4, -0.2) is 6.10 Å². The van der Waals surface area contributed by atoms with Crippen molar-refractivity contribution < 1.29 is 6.16 Å². The molecule has 0 unspecified atom stereocenters. The first-order valence-corrected chi connectivity index (χ1v) is 9.46. The van der Waals surface area contributed by atoms with Crippen molar-refractivity contribution in [2.24, 2.45) is 0 Å². The summed E-state index contributed by atoms with van der Waals surface area (Å²) in [6, 6.07) is 17.6. The summed E-state index contributed by atoms with van der Waals surface area (Å²) in [4.78, 5) is 0. The molecule has 1 saturated carbocycles. The predicted molar refractivity (Wildman–Crippen MR) is 103 cm³/mol. The Balaban J connectivity index is 0.00000182. The van der Waals surface area contributed by atoms with Crippen molar-refractivity contribution in [1.82, 2.24) is 0 Å². The highest BCUT2D eigenvalue weighted by molar-refractivity contribution is 5.82. The third-order valence-electron chi connectivity index (χ3n) is 5.33. The average molecular weight is 320 g/mol. The van der Waals surface area contributed by atoms with E-state index in [0.717, 1.165) is 12.2 Å². The molecule has 2 aliphatic carbocycles. The van der Waals surface area contributed by atoms with Crippen molar-refractivity contribution in [1.29, 1.82) is 0 Å². The van der Waals surface area contributed by atoms with Crippen LogP contribution in [0.5, 0.6) is 5.75 Å². The first-order chi connectivity index (χ1) is 11.9. The molecule has 0 spiro atoms. The van der Waals surface area contributed by atoms with Crippen LogP contribution in [0.4, 0.5) is 0 Å². The van der Waals surface area contributed by atoms with Crippen LogP contribution in [-0.2, 0) is 6.42 Å².